The maximum Gasteiger partial charge on any atom is 0.226 e. The molecule has 2 heterocycles. The zero-order valence-electron chi connectivity index (χ0n) is 18.5. The molecule has 0 spiro atoms. The van der Waals surface area contributed by atoms with Crippen LogP contribution in [0.3, 0.4) is 0 Å². The first kappa shape index (κ1) is 20.5. The van der Waals surface area contributed by atoms with Crippen molar-refractivity contribution in [2.45, 2.75) is 38.8 Å². The molecule has 2 fully saturated rings. The Kier molecular flexibility index (Phi) is 5.55. The standard InChI is InChI=1S/C25H28N4O3/c1-16(27-17(2)30)19-8-9-20-12-26-25(28-24(20)10-19)29-13-23(14-29)32-22-5-3-4-21(11-22)31-15-18-6-7-18/h3-5,8-12,16,18,23H,6-7,13-15H2,1-2H3,(H,27,30). The van der Waals surface area contributed by atoms with Crippen LogP contribution in [0.2, 0.25) is 0 Å². The summed E-state index contributed by atoms with van der Waals surface area (Å²) in [5, 5.41) is 3.89. The lowest BCUT2D eigenvalue weighted by Gasteiger charge is -2.39. The number of nitrogens with one attached hydrogen (secondary N) is 1. The predicted octanol–water partition coefficient (Wildman–Crippen LogP) is 3.88. The van der Waals surface area contributed by atoms with E-state index in [0.29, 0.717) is 5.95 Å². The molecule has 1 aromatic heterocycles. The minimum Gasteiger partial charge on any atom is -0.493 e. The van der Waals surface area contributed by atoms with Crippen LogP contribution in [0.25, 0.3) is 10.9 Å². The minimum absolute atomic E-state index is 0.0485. The van der Waals surface area contributed by atoms with Crippen LogP contribution in [0.5, 0.6) is 11.5 Å². The summed E-state index contributed by atoms with van der Waals surface area (Å²) >= 11 is 0. The molecule has 1 saturated carbocycles. The Morgan fingerprint density at radius 3 is 2.78 bits per heavy atom. The van der Waals surface area contributed by atoms with Crippen molar-refractivity contribution in [3.63, 3.8) is 0 Å². The van der Waals surface area contributed by atoms with Crippen LogP contribution >= 0.6 is 0 Å². The van der Waals surface area contributed by atoms with Crippen molar-refractivity contribution in [1.29, 1.82) is 0 Å². The second kappa shape index (κ2) is 8.65. The Labute approximate surface area is 187 Å². The zero-order valence-corrected chi connectivity index (χ0v) is 18.5. The van der Waals surface area contributed by atoms with Crippen molar-refractivity contribution in [2.75, 3.05) is 24.6 Å². The predicted molar refractivity (Wildman–Crippen MR) is 123 cm³/mol. The van der Waals surface area contributed by atoms with E-state index in [-0.39, 0.29) is 18.1 Å². The average molecular weight is 433 g/mol. The second-order valence-corrected chi connectivity index (χ2v) is 8.78. The Morgan fingerprint density at radius 2 is 2.00 bits per heavy atom. The molecule has 2 aromatic carbocycles. The highest BCUT2D eigenvalue weighted by Crippen LogP contribution is 2.31. The average Bonchev–Trinajstić information content (AvgIpc) is 3.58. The van der Waals surface area contributed by atoms with Gasteiger partial charge in [0.25, 0.3) is 0 Å². The number of benzene rings is 2. The van der Waals surface area contributed by atoms with Gasteiger partial charge in [0, 0.05) is 24.6 Å². The smallest absolute Gasteiger partial charge is 0.226 e. The number of nitrogens with zero attached hydrogens (tertiary/aromatic N) is 3. The summed E-state index contributed by atoms with van der Waals surface area (Å²) in [6.07, 6.45) is 4.50. The molecule has 2 aliphatic rings. The first-order valence-electron chi connectivity index (χ1n) is 11.2. The SMILES string of the molecule is CC(=O)NC(C)c1ccc2cnc(N3CC(Oc4cccc(OCC5CC5)c4)C3)nc2c1. The highest BCUT2D eigenvalue weighted by molar-refractivity contribution is 5.80. The molecule has 1 aliphatic heterocycles. The van der Waals surface area contributed by atoms with Crippen LogP contribution in [0.15, 0.2) is 48.7 Å². The molecule has 1 saturated heterocycles. The monoisotopic (exact) mass is 432 g/mol. The van der Waals surface area contributed by atoms with Gasteiger partial charge in [-0.2, -0.15) is 0 Å². The number of amides is 1. The second-order valence-electron chi connectivity index (χ2n) is 8.78. The highest BCUT2D eigenvalue weighted by Gasteiger charge is 2.31. The lowest BCUT2D eigenvalue weighted by Crippen LogP contribution is -2.54. The third-order valence-electron chi connectivity index (χ3n) is 5.94. The molecule has 7 nitrogen and oxygen atoms in total. The molecule has 1 atom stereocenters. The number of carbonyl (C=O) groups is 1. The summed E-state index contributed by atoms with van der Waals surface area (Å²) in [5.74, 6) is 3.08. The molecule has 1 N–H and O–H groups in total. The summed E-state index contributed by atoms with van der Waals surface area (Å²) in [5.41, 5.74) is 1.89. The van der Waals surface area contributed by atoms with E-state index in [1.807, 2.05) is 55.6 Å². The molecule has 3 aromatic rings. The topological polar surface area (TPSA) is 76.6 Å². The van der Waals surface area contributed by atoms with Crippen molar-refractivity contribution in [3.05, 3.63) is 54.2 Å². The fraction of sp³-hybridized carbons (Fsp3) is 0.400. The van der Waals surface area contributed by atoms with Gasteiger partial charge in [0.05, 0.1) is 31.3 Å². The van der Waals surface area contributed by atoms with Crippen LogP contribution in [0.4, 0.5) is 5.95 Å². The number of hydrogen-bond donors (Lipinski definition) is 1. The van der Waals surface area contributed by atoms with Gasteiger partial charge in [-0.15, -0.1) is 0 Å². The van der Waals surface area contributed by atoms with Gasteiger partial charge in [0.1, 0.15) is 17.6 Å². The quantitative estimate of drug-likeness (QED) is 0.582. The third kappa shape index (κ3) is 4.77. The summed E-state index contributed by atoms with van der Waals surface area (Å²) in [6, 6.07) is 13.8. The molecule has 166 valence electrons. The molecular formula is C25H28N4O3. The fourth-order valence-corrected chi connectivity index (χ4v) is 3.84. The van der Waals surface area contributed by atoms with Gasteiger partial charge in [-0.3, -0.25) is 4.79 Å². The molecule has 0 bridgehead atoms. The van der Waals surface area contributed by atoms with Crippen molar-refractivity contribution in [2.24, 2.45) is 5.92 Å². The molecule has 0 radical (unpaired) electrons. The summed E-state index contributed by atoms with van der Waals surface area (Å²) in [7, 11) is 0. The van der Waals surface area contributed by atoms with Crippen LogP contribution in [0.1, 0.15) is 38.3 Å². The molecule has 32 heavy (non-hydrogen) atoms. The first-order chi connectivity index (χ1) is 15.5. The van der Waals surface area contributed by atoms with Gasteiger partial charge in [-0.25, -0.2) is 9.97 Å². The van der Waals surface area contributed by atoms with E-state index < -0.39 is 0 Å². The number of aromatic nitrogens is 2. The maximum absolute atomic E-state index is 11.4. The molecule has 1 aliphatic carbocycles. The highest BCUT2D eigenvalue weighted by atomic mass is 16.5. The number of hydrogen-bond acceptors (Lipinski definition) is 6. The number of carbonyl (C=O) groups excluding carboxylic acids is 1. The van der Waals surface area contributed by atoms with Crippen molar-refractivity contribution >= 4 is 22.8 Å². The Morgan fingerprint density at radius 1 is 1.19 bits per heavy atom. The minimum atomic E-state index is -0.0684. The lowest BCUT2D eigenvalue weighted by atomic mass is 10.1. The van der Waals surface area contributed by atoms with Crippen LogP contribution < -0.4 is 19.7 Å². The summed E-state index contributed by atoms with van der Waals surface area (Å²) in [6.45, 7) is 5.76. The lowest BCUT2D eigenvalue weighted by molar-refractivity contribution is -0.119. The fourth-order valence-electron chi connectivity index (χ4n) is 3.84. The van der Waals surface area contributed by atoms with Gasteiger partial charge in [0.15, 0.2) is 0 Å². The third-order valence-corrected chi connectivity index (χ3v) is 5.94. The number of ether oxygens (including phenoxy) is 2. The Hall–Kier alpha value is -3.35. The summed E-state index contributed by atoms with van der Waals surface area (Å²) < 4.78 is 12.0. The van der Waals surface area contributed by atoms with Crippen molar-refractivity contribution in [1.82, 2.24) is 15.3 Å². The first-order valence-corrected chi connectivity index (χ1v) is 11.2. The van der Waals surface area contributed by atoms with Gasteiger partial charge < -0.3 is 19.7 Å². The molecule has 5 rings (SSSR count). The molecule has 7 heteroatoms. The van der Waals surface area contributed by atoms with Gasteiger partial charge in [-0.05, 0) is 49.4 Å². The van der Waals surface area contributed by atoms with Crippen molar-refractivity contribution < 1.29 is 14.3 Å². The molecule has 1 unspecified atom stereocenters. The largest absolute Gasteiger partial charge is 0.493 e. The summed E-state index contributed by atoms with van der Waals surface area (Å²) in [4.78, 5) is 22.7. The van der Waals surface area contributed by atoms with E-state index in [0.717, 1.165) is 53.6 Å². The van der Waals surface area contributed by atoms with E-state index in [4.69, 9.17) is 14.5 Å². The van der Waals surface area contributed by atoms with E-state index >= 15 is 0 Å². The van der Waals surface area contributed by atoms with Gasteiger partial charge in [0.2, 0.25) is 11.9 Å². The molecule has 1 amide bonds. The normalized spacial score (nSPS) is 17.0. The van der Waals surface area contributed by atoms with Crippen LogP contribution in [-0.2, 0) is 4.79 Å². The van der Waals surface area contributed by atoms with Crippen LogP contribution in [-0.4, -0.2) is 41.7 Å². The maximum atomic E-state index is 11.4. The van der Waals surface area contributed by atoms with E-state index in [9.17, 15) is 4.79 Å². The Balaban J connectivity index is 1.20. The molecular weight excluding hydrogens is 404 g/mol. The van der Waals surface area contributed by atoms with Gasteiger partial charge in [-0.1, -0.05) is 18.2 Å². The number of fused-ring (bicyclic) bond motifs is 1. The zero-order chi connectivity index (χ0) is 22.1. The van der Waals surface area contributed by atoms with Crippen molar-refractivity contribution in [3.8, 4) is 11.5 Å². The van der Waals surface area contributed by atoms with E-state index in [1.54, 1.807) is 0 Å². The number of rotatable bonds is 8. The van der Waals surface area contributed by atoms with E-state index in [1.165, 1.54) is 19.8 Å². The Bertz CT molecular complexity index is 1130. The number of anilines is 1. The van der Waals surface area contributed by atoms with Gasteiger partial charge >= 0.3 is 0 Å². The van der Waals surface area contributed by atoms with Crippen LogP contribution in [0, 0.1) is 5.92 Å². The van der Waals surface area contributed by atoms with E-state index in [2.05, 4.69) is 15.2 Å².